The Morgan fingerprint density at radius 3 is 0.747 bits per heavy atom. The smallest absolute Gasteiger partial charge is 0.306 e. The lowest BCUT2D eigenvalue weighted by Crippen LogP contribution is -2.30. The Balaban J connectivity index is 4.43. The minimum absolute atomic E-state index is 0.0901. The molecule has 0 rings (SSSR count). The van der Waals surface area contributed by atoms with Crippen LogP contribution in [0.25, 0.3) is 0 Å². The van der Waals surface area contributed by atoms with Gasteiger partial charge in [-0.25, -0.2) is 0 Å². The first kappa shape index (κ1) is 78.8. The fraction of sp³-hybridized carbons (Fsp3) is 0.701. The molecule has 0 radical (unpaired) electrons. The third-order valence-electron chi connectivity index (χ3n) is 14.9. The van der Waals surface area contributed by atoms with Crippen LogP contribution in [0.4, 0.5) is 0 Å². The minimum atomic E-state index is -0.798. The Morgan fingerprint density at radius 1 is 0.253 bits per heavy atom. The number of carbonyl (C=O) groups excluding carboxylic acids is 3. The topological polar surface area (TPSA) is 78.9 Å². The van der Waals surface area contributed by atoms with Crippen LogP contribution in [-0.2, 0) is 28.6 Å². The third kappa shape index (κ3) is 68.5. The van der Waals surface area contributed by atoms with Crippen LogP contribution in [0.2, 0.25) is 0 Å². The van der Waals surface area contributed by atoms with Gasteiger partial charge in [0.1, 0.15) is 13.2 Å². The van der Waals surface area contributed by atoms with Crippen molar-refractivity contribution >= 4 is 17.9 Å². The van der Waals surface area contributed by atoms with Gasteiger partial charge in [0.2, 0.25) is 0 Å². The molecule has 0 spiro atoms. The van der Waals surface area contributed by atoms with Crippen LogP contribution in [0.5, 0.6) is 0 Å². The van der Waals surface area contributed by atoms with E-state index in [1.807, 2.05) is 0 Å². The minimum Gasteiger partial charge on any atom is -0.462 e. The van der Waals surface area contributed by atoms with Crippen molar-refractivity contribution in [2.45, 2.75) is 335 Å². The van der Waals surface area contributed by atoms with Crippen LogP contribution < -0.4 is 0 Å². The molecular weight excluding hydrogens is 1020 g/mol. The molecule has 1 atom stereocenters. The van der Waals surface area contributed by atoms with Crippen molar-refractivity contribution in [3.8, 4) is 0 Å². The summed E-state index contributed by atoms with van der Waals surface area (Å²) in [5.74, 6) is -0.907. The summed E-state index contributed by atoms with van der Waals surface area (Å²) in [6, 6.07) is 0. The zero-order valence-electron chi connectivity index (χ0n) is 54.4. The predicted octanol–water partition coefficient (Wildman–Crippen LogP) is 24.3. The number of hydrogen-bond acceptors (Lipinski definition) is 6. The van der Waals surface area contributed by atoms with Gasteiger partial charge in [-0.15, -0.1) is 0 Å². The number of rotatable bonds is 63. The highest BCUT2D eigenvalue weighted by molar-refractivity contribution is 5.71. The van der Waals surface area contributed by atoms with Crippen molar-refractivity contribution < 1.29 is 28.6 Å². The molecule has 474 valence electrons. The largest absolute Gasteiger partial charge is 0.462 e. The highest BCUT2D eigenvalue weighted by Crippen LogP contribution is 2.16. The number of hydrogen-bond donors (Lipinski definition) is 0. The zero-order valence-corrected chi connectivity index (χ0v) is 54.4. The third-order valence-corrected chi connectivity index (χ3v) is 14.9. The normalized spacial score (nSPS) is 12.9. The molecule has 1 unspecified atom stereocenters. The Bertz CT molecular complexity index is 1700. The maximum Gasteiger partial charge on any atom is 0.306 e. The summed E-state index contributed by atoms with van der Waals surface area (Å²) in [6.07, 6.45) is 97.8. The number of allylic oxidation sites excluding steroid dienone is 20. The van der Waals surface area contributed by atoms with Crippen molar-refractivity contribution in [3.63, 3.8) is 0 Å². The van der Waals surface area contributed by atoms with E-state index in [0.29, 0.717) is 19.3 Å². The first-order valence-electron chi connectivity index (χ1n) is 35.0. The van der Waals surface area contributed by atoms with Gasteiger partial charge in [-0.05, 0) is 128 Å². The van der Waals surface area contributed by atoms with Crippen molar-refractivity contribution in [1.29, 1.82) is 0 Å². The molecule has 0 aromatic rings. The second kappa shape index (κ2) is 70.3. The molecule has 0 aliphatic carbocycles. The zero-order chi connectivity index (χ0) is 59.9. The maximum absolute atomic E-state index is 13.0. The van der Waals surface area contributed by atoms with Crippen LogP contribution in [0.3, 0.4) is 0 Å². The predicted molar refractivity (Wildman–Crippen MR) is 362 cm³/mol. The number of ether oxygens (including phenoxy) is 3. The Labute approximate surface area is 513 Å². The summed E-state index contributed by atoms with van der Waals surface area (Å²) in [4.78, 5) is 38.5. The number of esters is 3. The first-order chi connectivity index (χ1) is 41.0. The van der Waals surface area contributed by atoms with Crippen molar-refractivity contribution in [2.24, 2.45) is 0 Å². The number of unbranched alkanes of at least 4 members (excludes halogenated alkanes) is 32. The van der Waals surface area contributed by atoms with Crippen LogP contribution in [0.1, 0.15) is 329 Å². The van der Waals surface area contributed by atoms with Crippen LogP contribution in [0.15, 0.2) is 122 Å². The molecule has 0 aliphatic rings. The standard InChI is InChI=1S/C77H130O6/c1-4-7-10-13-16-19-22-25-28-31-34-37-38-41-43-46-49-52-55-58-61-64-67-70-76(79)82-73-74(83-77(80)71-68-65-62-59-56-53-50-47-44-40-36-33-30-27-24-21-18-15-12-9-6-3)72-81-75(78)69-66-63-60-57-54-51-48-45-42-39-35-32-29-26-23-20-17-14-11-8-5-2/h8-9,11-12,17-18,20-21,26-27,29-31,34-36,39-40,47,50,74H,4-7,10,13-16,19,22-25,28,32-33,37-38,41-46,48-49,51-73H2,1-3H3/b11-8-,12-9-,20-17-,21-18-,29-26-,30-27-,34-31-,39-35-,40-36-,50-47-. The summed E-state index contributed by atoms with van der Waals surface area (Å²) >= 11 is 0. The Kier molecular flexibility index (Phi) is 66.7. The lowest BCUT2D eigenvalue weighted by molar-refractivity contribution is -0.167. The lowest BCUT2D eigenvalue weighted by Gasteiger charge is -2.18. The van der Waals surface area contributed by atoms with Crippen LogP contribution in [-0.4, -0.2) is 37.2 Å². The molecule has 0 fully saturated rings. The quantitative estimate of drug-likeness (QED) is 0.0261. The van der Waals surface area contributed by atoms with Crippen molar-refractivity contribution in [1.82, 2.24) is 0 Å². The van der Waals surface area contributed by atoms with E-state index >= 15 is 0 Å². The highest BCUT2D eigenvalue weighted by atomic mass is 16.6. The summed E-state index contributed by atoms with van der Waals surface area (Å²) in [5.41, 5.74) is 0. The number of carbonyl (C=O) groups is 3. The summed E-state index contributed by atoms with van der Waals surface area (Å²) in [7, 11) is 0. The molecule has 0 aliphatic heterocycles. The average Bonchev–Trinajstić information content (AvgIpc) is 3.49. The Morgan fingerprint density at radius 2 is 0.470 bits per heavy atom. The van der Waals surface area contributed by atoms with E-state index < -0.39 is 6.10 Å². The van der Waals surface area contributed by atoms with Crippen molar-refractivity contribution in [2.75, 3.05) is 13.2 Å². The molecule has 0 heterocycles. The van der Waals surface area contributed by atoms with E-state index in [-0.39, 0.29) is 31.1 Å². The molecule has 0 saturated heterocycles. The molecule has 0 aromatic carbocycles. The molecule has 0 amide bonds. The molecule has 0 aromatic heterocycles. The van der Waals surface area contributed by atoms with Gasteiger partial charge in [0.15, 0.2) is 6.10 Å². The van der Waals surface area contributed by atoms with Crippen molar-refractivity contribution in [3.05, 3.63) is 122 Å². The fourth-order valence-corrected chi connectivity index (χ4v) is 9.75. The van der Waals surface area contributed by atoms with Gasteiger partial charge in [0.05, 0.1) is 0 Å². The first-order valence-corrected chi connectivity index (χ1v) is 35.0. The maximum atomic E-state index is 13.0. The molecule has 6 heteroatoms. The van der Waals surface area contributed by atoms with Gasteiger partial charge in [-0.3, -0.25) is 14.4 Å². The second-order valence-corrected chi connectivity index (χ2v) is 23.0. The van der Waals surface area contributed by atoms with E-state index in [0.717, 1.165) is 141 Å². The molecule has 0 bridgehead atoms. The summed E-state index contributed by atoms with van der Waals surface area (Å²) in [6.45, 7) is 6.43. The highest BCUT2D eigenvalue weighted by Gasteiger charge is 2.19. The van der Waals surface area contributed by atoms with Gasteiger partial charge >= 0.3 is 17.9 Å². The average molecular weight is 1150 g/mol. The Hall–Kier alpha value is -4.19. The van der Waals surface area contributed by atoms with E-state index in [9.17, 15) is 14.4 Å². The summed E-state index contributed by atoms with van der Waals surface area (Å²) < 4.78 is 17.0. The van der Waals surface area contributed by atoms with Crippen LogP contribution in [0, 0.1) is 0 Å². The lowest BCUT2D eigenvalue weighted by atomic mass is 10.0. The van der Waals surface area contributed by atoms with Gasteiger partial charge in [0.25, 0.3) is 0 Å². The molecule has 0 saturated carbocycles. The van der Waals surface area contributed by atoms with Gasteiger partial charge < -0.3 is 14.2 Å². The van der Waals surface area contributed by atoms with Gasteiger partial charge in [0, 0.05) is 19.3 Å². The summed E-state index contributed by atoms with van der Waals surface area (Å²) in [5, 5.41) is 0. The SMILES string of the molecule is CC/C=C\C/C=C\C/C=C\C/C=C\C/C=C\CCCCCCCC(=O)OC(COC(=O)CCCCCCCCCC/C=C\C/C=C\C/C=C\C/C=C\CC)COC(=O)CCCCCCCCCCCCC/C=C\CCCCCCCCCC. The van der Waals surface area contributed by atoms with E-state index in [2.05, 4.69) is 142 Å². The fourth-order valence-electron chi connectivity index (χ4n) is 9.75. The molecular formula is C77H130O6. The van der Waals surface area contributed by atoms with E-state index in [1.54, 1.807) is 0 Å². The molecule has 0 N–H and O–H groups in total. The monoisotopic (exact) mass is 1150 g/mol. The van der Waals surface area contributed by atoms with E-state index in [1.165, 1.54) is 148 Å². The molecule has 83 heavy (non-hydrogen) atoms. The van der Waals surface area contributed by atoms with Gasteiger partial charge in [-0.1, -0.05) is 303 Å². The van der Waals surface area contributed by atoms with Gasteiger partial charge in [-0.2, -0.15) is 0 Å². The van der Waals surface area contributed by atoms with E-state index in [4.69, 9.17) is 14.2 Å². The van der Waals surface area contributed by atoms with Crippen LogP contribution >= 0.6 is 0 Å². The molecule has 6 nitrogen and oxygen atoms in total. The second-order valence-electron chi connectivity index (χ2n) is 23.0.